The molecule has 0 radical (unpaired) electrons. The molecule has 1 saturated heterocycles. The minimum atomic E-state index is 0.0177. The molecule has 0 bridgehead atoms. The summed E-state index contributed by atoms with van der Waals surface area (Å²) in [6.45, 7) is 3.11. The number of ether oxygens (including phenoxy) is 1. The van der Waals surface area contributed by atoms with Crippen LogP contribution in [-0.4, -0.2) is 41.3 Å². The maximum Gasteiger partial charge on any atom is 0.232 e. The third kappa shape index (κ3) is 2.80. The van der Waals surface area contributed by atoms with Gasteiger partial charge in [-0.2, -0.15) is 16.7 Å². The normalized spacial score (nSPS) is 28.7. The molecular weight excluding hydrogens is 262 g/mol. The highest BCUT2D eigenvalue weighted by atomic mass is 32.2. The van der Waals surface area contributed by atoms with E-state index in [2.05, 4.69) is 22.4 Å². The fourth-order valence-electron chi connectivity index (χ4n) is 2.68. The van der Waals surface area contributed by atoms with Crippen molar-refractivity contribution in [1.29, 1.82) is 0 Å². The summed E-state index contributed by atoms with van der Waals surface area (Å²) >= 11 is 1.95. The van der Waals surface area contributed by atoms with Crippen LogP contribution in [-0.2, 0) is 4.74 Å². The molecule has 3 unspecified atom stereocenters. The molecule has 3 atom stereocenters. The van der Waals surface area contributed by atoms with Gasteiger partial charge in [0, 0.05) is 24.7 Å². The lowest BCUT2D eigenvalue weighted by Crippen LogP contribution is -2.34. The number of nitrogens with one attached hydrogen (secondary N) is 1. The van der Waals surface area contributed by atoms with Gasteiger partial charge in [-0.05, 0) is 25.3 Å². The van der Waals surface area contributed by atoms with E-state index >= 15 is 0 Å². The third-order valence-corrected chi connectivity index (χ3v) is 5.07. The Bertz CT molecular complexity index is 422. The summed E-state index contributed by atoms with van der Waals surface area (Å²) < 4.78 is 11.0. The van der Waals surface area contributed by atoms with Gasteiger partial charge in [0.25, 0.3) is 0 Å². The number of methoxy groups -OCH3 is 1. The molecule has 0 spiro atoms. The molecule has 3 rings (SSSR count). The maximum atomic E-state index is 5.50. The molecule has 1 aromatic rings. The zero-order chi connectivity index (χ0) is 13.2. The first-order valence-electron chi connectivity index (χ1n) is 7.01. The molecule has 1 aromatic heterocycles. The van der Waals surface area contributed by atoms with Crippen molar-refractivity contribution in [2.45, 2.75) is 37.8 Å². The largest absolute Gasteiger partial charge is 0.373 e. The minimum absolute atomic E-state index is 0.0177. The molecule has 106 valence electrons. The standard InChI is InChI=1S/C13H21N3O2S/c1-3-14-10-7-19-6-9(10)13-15-12(16-18-13)11(17-2)8-4-5-8/h8-11,14H,3-7H2,1-2H3. The maximum absolute atomic E-state index is 5.50. The monoisotopic (exact) mass is 283 g/mol. The van der Waals surface area contributed by atoms with Gasteiger partial charge in [-0.25, -0.2) is 0 Å². The Morgan fingerprint density at radius 1 is 1.47 bits per heavy atom. The van der Waals surface area contributed by atoms with Crippen molar-refractivity contribution >= 4 is 11.8 Å². The first kappa shape index (κ1) is 13.4. The van der Waals surface area contributed by atoms with Crippen molar-refractivity contribution in [2.75, 3.05) is 25.2 Å². The van der Waals surface area contributed by atoms with Crippen LogP contribution in [0, 0.1) is 5.92 Å². The Hall–Kier alpha value is -0.590. The third-order valence-electron chi connectivity index (χ3n) is 3.88. The lowest BCUT2D eigenvalue weighted by atomic mass is 10.0. The molecule has 2 fully saturated rings. The molecule has 0 aromatic carbocycles. The summed E-state index contributed by atoms with van der Waals surface area (Å²) in [6.07, 6.45) is 2.44. The lowest BCUT2D eigenvalue weighted by molar-refractivity contribution is 0.0751. The topological polar surface area (TPSA) is 60.2 Å². The molecule has 19 heavy (non-hydrogen) atoms. The first-order valence-corrected chi connectivity index (χ1v) is 8.16. The van der Waals surface area contributed by atoms with Crippen LogP contribution < -0.4 is 5.32 Å². The van der Waals surface area contributed by atoms with Crippen LogP contribution in [0.3, 0.4) is 0 Å². The number of aromatic nitrogens is 2. The van der Waals surface area contributed by atoms with Crippen LogP contribution in [0.5, 0.6) is 0 Å². The van der Waals surface area contributed by atoms with Crippen molar-refractivity contribution in [3.8, 4) is 0 Å². The van der Waals surface area contributed by atoms with E-state index in [-0.39, 0.29) is 6.10 Å². The highest BCUT2D eigenvalue weighted by Gasteiger charge is 2.38. The molecule has 1 N–H and O–H groups in total. The van der Waals surface area contributed by atoms with E-state index in [0.29, 0.717) is 17.9 Å². The Morgan fingerprint density at radius 3 is 3.00 bits per heavy atom. The van der Waals surface area contributed by atoms with E-state index in [1.807, 2.05) is 11.8 Å². The number of rotatable bonds is 6. The van der Waals surface area contributed by atoms with Crippen molar-refractivity contribution in [2.24, 2.45) is 5.92 Å². The number of hydrogen-bond donors (Lipinski definition) is 1. The van der Waals surface area contributed by atoms with E-state index in [1.165, 1.54) is 12.8 Å². The average Bonchev–Trinajstić information content (AvgIpc) is 2.95. The predicted molar refractivity (Wildman–Crippen MR) is 74.3 cm³/mol. The second-order valence-corrected chi connectivity index (χ2v) is 6.37. The summed E-state index contributed by atoms with van der Waals surface area (Å²) in [5, 5.41) is 7.64. The van der Waals surface area contributed by atoms with Gasteiger partial charge in [0.2, 0.25) is 11.7 Å². The fraction of sp³-hybridized carbons (Fsp3) is 0.846. The van der Waals surface area contributed by atoms with Gasteiger partial charge in [0.15, 0.2) is 0 Å². The second-order valence-electron chi connectivity index (χ2n) is 5.29. The van der Waals surface area contributed by atoms with Crippen LogP contribution in [0.25, 0.3) is 0 Å². The SMILES string of the molecule is CCNC1CSCC1c1nc(C(OC)C2CC2)no1. The number of nitrogens with zero attached hydrogens (tertiary/aromatic N) is 2. The summed E-state index contributed by atoms with van der Waals surface area (Å²) in [6, 6.07) is 0.449. The molecule has 1 saturated carbocycles. The van der Waals surface area contributed by atoms with Gasteiger partial charge in [0.05, 0.1) is 5.92 Å². The van der Waals surface area contributed by atoms with Gasteiger partial charge in [0.1, 0.15) is 6.10 Å². The van der Waals surface area contributed by atoms with Crippen LogP contribution in [0.15, 0.2) is 4.52 Å². The summed E-state index contributed by atoms with van der Waals surface area (Å²) in [5.74, 6) is 4.59. The molecule has 2 aliphatic rings. The second kappa shape index (κ2) is 5.81. The molecular formula is C13H21N3O2S. The quantitative estimate of drug-likeness (QED) is 0.861. The first-order chi connectivity index (χ1) is 9.33. The summed E-state index contributed by atoms with van der Waals surface area (Å²) in [4.78, 5) is 4.60. The minimum Gasteiger partial charge on any atom is -0.373 e. The van der Waals surface area contributed by atoms with Crippen LogP contribution >= 0.6 is 11.8 Å². The van der Waals surface area contributed by atoms with E-state index in [0.717, 1.165) is 29.8 Å². The van der Waals surface area contributed by atoms with Crippen molar-refractivity contribution in [3.63, 3.8) is 0 Å². The zero-order valence-electron chi connectivity index (χ0n) is 11.5. The van der Waals surface area contributed by atoms with Gasteiger partial charge in [-0.15, -0.1) is 0 Å². The van der Waals surface area contributed by atoms with Crippen LogP contribution in [0.1, 0.15) is 43.5 Å². The van der Waals surface area contributed by atoms with E-state index in [4.69, 9.17) is 9.26 Å². The Labute approximate surface area is 117 Å². The van der Waals surface area contributed by atoms with Gasteiger partial charge in [-0.1, -0.05) is 12.1 Å². The molecule has 1 aliphatic heterocycles. The van der Waals surface area contributed by atoms with E-state index in [9.17, 15) is 0 Å². The fourth-order valence-corrected chi connectivity index (χ4v) is 4.05. The predicted octanol–water partition coefficient (Wildman–Crippen LogP) is 1.98. The Kier molecular flexibility index (Phi) is 4.10. The van der Waals surface area contributed by atoms with E-state index < -0.39 is 0 Å². The molecule has 2 heterocycles. The van der Waals surface area contributed by atoms with Gasteiger partial charge in [-0.3, -0.25) is 0 Å². The highest BCUT2D eigenvalue weighted by Crippen LogP contribution is 2.42. The van der Waals surface area contributed by atoms with Crippen molar-refractivity contribution in [3.05, 3.63) is 11.7 Å². The van der Waals surface area contributed by atoms with Crippen LogP contribution in [0.4, 0.5) is 0 Å². The zero-order valence-corrected chi connectivity index (χ0v) is 12.3. The smallest absolute Gasteiger partial charge is 0.232 e. The lowest BCUT2D eigenvalue weighted by Gasteiger charge is -2.15. The van der Waals surface area contributed by atoms with Crippen LogP contribution in [0.2, 0.25) is 0 Å². The number of thioether (sulfide) groups is 1. The average molecular weight is 283 g/mol. The molecule has 1 aliphatic carbocycles. The Morgan fingerprint density at radius 2 is 2.32 bits per heavy atom. The number of hydrogen-bond acceptors (Lipinski definition) is 6. The summed E-state index contributed by atoms with van der Waals surface area (Å²) in [5.41, 5.74) is 0. The van der Waals surface area contributed by atoms with Gasteiger partial charge < -0.3 is 14.6 Å². The van der Waals surface area contributed by atoms with E-state index in [1.54, 1.807) is 7.11 Å². The van der Waals surface area contributed by atoms with Crippen molar-refractivity contribution in [1.82, 2.24) is 15.5 Å². The van der Waals surface area contributed by atoms with Gasteiger partial charge >= 0.3 is 0 Å². The number of likely N-dealkylation sites (N-methyl/N-ethyl adjacent to an activating group) is 1. The highest BCUT2D eigenvalue weighted by molar-refractivity contribution is 7.99. The Balaban J connectivity index is 1.73. The molecule has 6 heteroatoms. The summed E-state index contributed by atoms with van der Waals surface area (Å²) in [7, 11) is 1.73. The molecule has 0 amide bonds. The van der Waals surface area contributed by atoms with Crippen molar-refractivity contribution < 1.29 is 9.26 Å². The molecule has 5 nitrogen and oxygen atoms in total.